The highest BCUT2D eigenvalue weighted by Crippen LogP contribution is 2.21. The van der Waals surface area contributed by atoms with E-state index in [1.165, 1.54) is 0 Å². The van der Waals surface area contributed by atoms with Crippen molar-refractivity contribution in [3.8, 4) is 5.75 Å². The van der Waals surface area contributed by atoms with Gasteiger partial charge in [0.15, 0.2) is 6.10 Å². The maximum atomic E-state index is 12.4. The molecule has 2 aromatic rings. The van der Waals surface area contributed by atoms with Gasteiger partial charge in [-0.25, -0.2) is 0 Å². The maximum Gasteiger partial charge on any atom is 0.261 e. The summed E-state index contributed by atoms with van der Waals surface area (Å²) >= 11 is 12.0. The van der Waals surface area contributed by atoms with E-state index in [1.54, 1.807) is 18.2 Å². The summed E-state index contributed by atoms with van der Waals surface area (Å²) in [6.45, 7) is 6.26. The number of carbonyl (C=O) groups excluding carboxylic acids is 1. The van der Waals surface area contributed by atoms with Crippen molar-refractivity contribution < 1.29 is 9.53 Å². The molecule has 0 saturated carbocycles. The Bertz CT molecular complexity index is 711. The quantitative estimate of drug-likeness (QED) is 0.774. The lowest BCUT2D eigenvalue weighted by molar-refractivity contribution is -0.128. The molecule has 0 aliphatic rings. The molecule has 0 aliphatic carbocycles. The molecule has 2 rings (SSSR count). The molecular weight excluding hydrogens is 345 g/mol. The Hall–Kier alpha value is -1.71. The highest BCUT2D eigenvalue weighted by molar-refractivity contribution is 6.35. The van der Waals surface area contributed by atoms with Crippen LogP contribution in [0.2, 0.25) is 10.0 Å². The summed E-state index contributed by atoms with van der Waals surface area (Å²) < 4.78 is 5.86. The Labute approximate surface area is 152 Å². The fourth-order valence-corrected chi connectivity index (χ4v) is 2.92. The van der Waals surface area contributed by atoms with E-state index >= 15 is 0 Å². The lowest BCUT2D eigenvalue weighted by Crippen LogP contribution is -2.37. The molecule has 1 atom stereocenters. The zero-order valence-electron chi connectivity index (χ0n) is 14.0. The molecule has 0 aromatic heterocycles. The molecule has 1 unspecified atom stereocenters. The van der Waals surface area contributed by atoms with Gasteiger partial charge in [-0.15, -0.1) is 0 Å². The summed E-state index contributed by atoms with van der Waals surface area (Å²) in [5.41, 5.74) is 3.03. The van der Waals surface area contributed by atoms with Gasteiger partial charge in [-0.3, -0.25) is 4.79 Å². The standard InChI is InChI=1S/C19H21Cl2NO2/c1-4-18(24-16-8-12(2)7-13(3)9-16)19(23)22-11-14-5-6-15(20)10-17(14)21/h5-10,18H,4,11H2,1-3H3,(H,22,23). The minimum Gasteiger partial charge on any atom is -0.481 e. The molecule has 5 heteroatoms. The zero-order valence-corrected chi connectivity index (χ0v) is 15.5. The summed E-state index contributed by atoms with van der Waals surface area (Å²) in [6.07, 6.45) is 0.0324. The molecule has 3 nitrogen and oxygen atoms in total. The van der Waals surface area contributed by atoms with Crippen molar-refractivity contribution in [3.05, 3.63) is 63.1 Å². The van der Waals surface area contributed by atoms with Crippen LogP contribution in [0.5, 0.6) is 5.75 Å². The minimum atomic E-state index is -0.544. The van der Waals surface area contributed by atoms with Gasteiger partial charge in [0.25, 0.3) is 5.91 Å². The number of benzene rings is 2. The second-order valence-electron chi connectivity index (χ2n) is 5.79. The molecule has 1 N–H and O–H groups in total. The van der Waals surface area contributed by atoms with E-state index < -0.39 is 6.10 Å². The van der Waals surface area contributed by atoms with E-state index in [1.807, 2.05) is 32.9 Å². The summed E-state index contributed by atoms with van der Waals surface area (Å²) in [5.74, 6) is 0.543. The van der Waals surface area contributed by atoms with E-state index in [0.29, 0.717) is 28.8 Å². The SMILES string of the molecule is CCC(Oc1cc(C)cc(C)c1)C(=O)NCc1ccc(Cl)cc1Cl. The maximum absolute atomic E-state index is 12.4. The monoisotopic (exact) mass is 365 g/mol. The zero-order chi connectivity index (χ0) is 17.7. The van der Waals surface area contributed by atoms with E-state index in [-0.39, 0.29) is 5.91 Å². The van der Waals surface area contributed by atoms with E-state index in [2.05, 4.69) is 11.4 Å². The summed E-state index contributed by atoms with van der Waals surface area (Å²) in [4.78, 5) is 12.4. The lowest BCUT2D eigenvalue weighted by atomic mass is 10.1. The number of aryl methyl sites for hydroxylation is 2. The molecule has 2 aromatic carbocycles. The van der Waals surface area contributed by atoms with Crippen LogP contribution < -0.4 is 10.1 Å². The highest BCUT2D eigenvalue weighted by Gasteiger charge is 2.18. The summed E-state index contributed by atoms with van der Waals surface area (Å²) in [6, 6.07) is 11.1. The molecular formula is C19H21Cl2NO2. The van der Waals surface area contributed by atoms with Crippen molar-refractivity contribution in [3.63, 3.8) is 0 Å². The van der Waals surface area contributed by atoms with E-state index in [9.17, 15) is 4.79 Å². The number of ether oxygens (including phenoxy) is 1. The van der Waals surface area contributed by atoms with Crippen LogP contribution in [0.25, 0.3) is 0 Å². The predicted molar refractivity (Wildman–Crippen MR) is 98.9 cm³/mol. The molecule has 0 bridgehead atoms. The molecule has 128 valence electrons. The molecule has 0 fully saturated rings. The number of hydrogen-bond donors (Lipinski definition) is 1. The molecule has 0 radical (unpaired) electrons. The number of hydrogen-bond acceptors (Lipinski definition) is 2. The fraction of sp³-hybridized carbons (Fsp3) is 0.316. The number of halogens is 2. The van der Waals surface area contributed by atoms with Gasteiger partial charge < -0.3 is 10.1 Å². The average molecular weight is 366 g/mol. The predicted octanol–water partition coefficient (Wildman–Crippen LogP) is 5.08. The third kappa shape index (κ3) is 5.15. The number of carbonyl (C=O) groups is 1. The normalized spacial score (nSPS) is 11.9. The Morgan fingerprint density at radius 1 is 1.12 bits per heavy atom. The van der Waals surface area contributed by atoms with Crippen molar-refractivity contribution in [1.82, 2.24) is 5.32 Å². The Balaban J connectivity index is 2.00. The Morgan fingerprint density at radius 3 is 2.38 bits per heavy atom. The van der Waals surface area contributed by atoms with Crippen LogP contribution >= 0.6 is 23.2 Å². The number of amides is 1. The van der Waals surface area contributed by atoms with Crippen molar-refractivity contribution >= 4 is 29.1 Å². The van der Waals surface area contributed by atoms with Crippen LogP contribution in [0.15, 0.2) is 36.4 Å². The third-order valence-corrected chi connectivity index (χ3v) is 4.19. The van der Waals surface area contributed by atoms with Crippen molar-refractivity contribution in [2.45, 2.75) is 39.8 Å². The highest BCUT2D eigenvalue weighted by atomic mass is 35.5. The van der Waals surface area contributed by atoms with Gasteiger partial charge in [-0.05, 0) is 61.2 Å². The van der Waals surface area contributed by atoms with Crippen molar-refractivity contribution in [2.75, 3.05) is 0 Å². The summed E-state index contributed by atoms with van der Waals surface area (Å²) in [7, 11) is 0. The first-order valence-electron chi connectivity index (χ1n) is 7.85. The van der Waals surface area contributed by atoms with Gasteiger partial charge >= 0.3 is 0 Å². The summed E-state index contributed by atoms with van der Waals surface area (Å²) in [5, 5.41) is 3.97. The van der Waals surface area contributed by atoms with Crippen LogP contribution in [0, 0.1) is 13.8 Å². The van der Waals surface area contributed by atoms with Gasteiger partial charge in [0.1, 0.15) is 5.75 Å². The van der Waals surface area contributed by atoms with Gasteiger partial charge in [-0.1, -0.05) is 42.3 Å². The van der Waals surface area contributed by atoms with Crippen LogP contribution in [0.4, 0.5) is 0 Å². The number of nitrogens with one attached hydrogen (secondary N) is 1. The Kier molecular flexibility index (Phi) is 6.52. The molecule has 0 spiro atoms. The minimum absolute atomic E-state index is 0.164. The first kappa shape index (κ1) is 18.6. The van der Waals surface area contributed by atoms with Crippen LogP contribution in [-0.4, -0.2) is 12.0 Å². The van der Waals surface area contributed by atoms with Gasteiger partial charge in [0.05, 0.1) is 0 Å². The van der Waals surface area contributed by atoms with Crippen LogP contribution in [-0.2, 0) is 11.3 Å². The first-order valence-corrected chi connectivity index (χ1v) is 8.61. The second-order valence-corrected chi connectivity index (χ2v) is 6.64. The third-order valence-electron chi connectivity index (χ3n) is 3.60. The second kappa shape index (κ2) is 8.41. The van der Waals surface area contributed by atoms with Gasteiger partial charge in [0.2, 0.25) is 0 Å². The largest absolute Gasteiger partial charge is 0.481 e. The topological polar surface area (TPSA) is 38.3 Å². The molecule has 1 amide bonds. The van der Waals surface area contributed by atoms with Crippen molar-refractivity contribution in [2.24, 2.45) is 0 Å². The van der Waals surface area contributed by atoms with Crippen molar-refractivity contribution in [1.29, 1.82) is 0 Å². The molecule has 24 heavy (non-hydrogen) atoms. The van der Waals surface area contributed by atoms with Gasteiger partial charge in [0, 0.05) is 16.6 Å². The molecule has 0 aliphatic heterocycles. The molecule has 0 heterocycles. The Morgan fingerprint density at radius 2 is 1.79 bits per heavy atom. The van der Waals surface area contributed by atoms with Gasteiger partial charge in [-0.2, -0.15) is 0 Å². The fourth-order valence-electron chi connectivity index (χ4n) is 2.45. The number of rotatable bonds is 6. The van der Waals surface area contributed by atoms with E-state index in [0.717, 1.165) is 16.7 Å². The average Bonchev–Trinajstić information content (AvgIpc) is 2.50. The lowest BCUT2D eigenvalue weighted by Gasteiger charge is -2.18. The van der Waals surface area contributed by atoms with Crippen LogP contribution in [0.3, 0.4) is 0 Å². The molecule has 0 saturated heterocycles. The van der Waals surface area contributed by atoms with E-state index in [4.69, 9.17) is 27.9 Å². The van der Waals surface area contributed by atoms with Crippen LogP contribution in [0.1, 0.15) is 30.0 Å². The first-order chi connectivity index (χ1) is 11.4. The smallest absolute Gasteiger partial charge is 0.261 e.